The minimum atomic E-state index is 0.660. The highest BCUT2D eigenvalue weighted by molar-refractivity contribution is 5.20. The maximum atomic E-state index is 5.61. The molecule has 0 spiro atoms. The Hall–Kier alpha value is -1.06. The molecule has 0 aromatic heterocycles. The first-order valence-electron chi connectivity index (χ1n) is 6.82. The zero-order valence-corrected chi connectivity index (χ0v) is 11.9. The number of hydrogen-bond donors (Lipinski definition) is 1. The van der Waals surface area contributed by atoms with Crippen LogP contribution < -0.4 is 10.1 Å². The minimum absolute atomic E-state index is 0.660. The predicted molar refractivity (Wildman–Crippen MR) is 77.2 cm³/mol. The van der Waals surface area contributed by atoms with Gasteiger partial charge in [0.1, 0.15) is 12.4 Å². The van der Waals surface area contributed by atoms with Crippen LogP contribution >= 0.6 is 0 Å². The van der Waals surface area contributed by atoms with E-state index in [4.69, 9.17) is 4.74 Å². The molecule has 102 valence electrons. The van der Waals surface area contributed by atoms with Gasteiger partial charge in [-0.05, 0) is 32.5 Å². The molecule has 1 aromatic rings. The second-order valence-electron chi connectivity index (χ2n) is 4.65. The number of hydrogen-bond acceptors (Lipinski definition) is 3. The third kappa shape index (κ3) is 6.03. The summed E-state index contributed by atoms with van der Waals surface area (Å²) < 4.78 is 5.61. The molecule has 0 heterocycles. The van der Waals surface area contributed by atoms with Crippen molar-refractivity contribution < 1.29 is 4.74 Å². The van der Waals surface area contributed by atoms with Gasteiger partial charge in [0.25, 0.3) is 0 Å². The van der Waals surface area contributed by atoms with Gasteiger partial charge in [0, 0.05) is 25.7 Å². The summed E-state index contributed by atoms with van der Waals surface area (Å²) in [5.41, 5.74) is 0. The monoisotopic (exact) mass is 250 g/mol. The van der Waals surface area contributed by atoms with E-state index in [0.29, 0.717) is 6.04 Å². The van der Waals surface area contributed by atoms with E-state index >= 15 is 0 Å². The summed E-state index contributed by atoms with van der Waals surface area (Å²) in [6, 6.07) is 10.6. The molecular weight excluding hydrogens is 224 g/mol. The van der Waals surface area contributed by atoms with E-state index in [9.17, 15) is 0 Å². The summed E-state index contributed by atoms with van der Waals surface area (Å²) in [5.74, 6) is 0.941. The molecule has 1 unspecified atom stereocenters. The van der Waals surface area contributed by atoms with Crippen LogP contribution in [0.4, 0.5) is 0 Å². The maximum Gasteiger partial charge on any atom is 0.119 e. The van der Waals surface area contributed by atoms with Crippen molar-refractivity contribution in [1.82, 2.24) is 10.2 Å². The first-order chi connectivity index (χ1) is 8.74. The molecule has 18 heavy (non-hydrogen) atoms. The van der Waals surface area contributed by atoms with E-state index in [-0.39, 0.29) is 0 Å². The topological polar surface area (TPSA) is 24.5 Å². The third-order valence-corrected chi connectivity index (χ3v) is 3.28. The van der Waals surface area contributed by atoms with Gasteiger partial charge in [0.05, 0.1) is 0 Å². The minimum Gasteiger partial charge on any atom is -0.492 e. The summed E-state index contributed by atoms with van der Waals surface area (Å²) in [5, 5.41) is 3.40. The molecule has 3 heteroatoms. The number of para-hydroxylation sites is 1. The lowest BCUT2D eigenvalue weighted by atomic mass is 10.2. The fourth-order valence-corrected chi connectivity index (χ4v) is 1.67. The number of likely N-dealkylation sites (N-methyl/N-ethyl adjacent to an activating group) is 1. The van der Waals surface area contributed by atoms with E-state index in [0.717, 1.165) is 32.0 Å². The maximum absolute atomic E-state index is 5.61. The van der Waals surface area contributed by atoms with E-state index in [2.05, 4.69) is 31.1 Å². The largest absolute Gasteiger partial charge is 0.492 e. The van der Waals surface area contributed by atoms with Crippen molar-refractivity contribution in [2.24, 2.45) is 0 Å². The molecule has 1 N–H and O–H groups in total. The van der Waals surface area contributed by atoms with Gasteiger partial charge in [0.2, 0.25) is 0 Å². The number of nitrogens with one attached hydrogen (secondary N) is 1. The van der Waals surface area contributed by atoms with Crippen molar-refractivity contribution in [3.63, 3.8) is 0 Å². The summed E-state index contributed by atoms with van der Waals surface area (Å²) in [6.07, 6.45) is 1.20. The zero-order chi connectivity index (χ0) is 13.2. The van der Waals surface area contributed by atoms with Gasteiger partial charge < -0.3 is 15.0 Å². The molecule has 0 bridgehead atoms. The lowest BCUT2D eigenvalue weighted by molar-refractivity contribution is 0.247. The number of nitrogens with zero attached hydrogens (tertiary/aromatic N) is 1. The number of ether oxygens (including phenoxy) is 1. The van der Waals surface area contributed by atoms with Crippen LogP contribution in [0.25, 0.3) is 0 Å². The molecular formula is C15H26N2O. The van der Waals surface area contributed by atoms with Crippen molar-refractivity contribution in [2.75, 3.05) is 33.3 Å². The van der Waals surface area contributed by atoms with E-state index in [1.54, 1.807) is 0 Å². The van der Waals surface area contributed by atoms with Crippen molar-refractivity contribution in [3.05, 3.63) is 30.3 Å². The normalized spacial score (nSPS) is 12.7. The first-order valence-corrected chi connectivity index (χ1v) is 6.82. The molecule has 1 aromatic carbocycles. The van der Waals surface area contributed by atoms with Crippen LogP contribution in [-0.2, 0) is 0 Å². The number of benzene rings is 1. The van der Waals surface area contributed by atoms with Crippen LogP contribution in [0.1, 0.15) is 20.3 Å². The fraction of sp³-hybridized carbons (Fsp3) is 0.600. The van der Waals surface area contributed by atoms with Crippen LogP contribution in [0.15, 0.2) is 30.3 Å². The summed E-state index contributed by atoms with van der Waals surface area (Å²) in [4.78, 5) is 2.38. The zero-order valence-electron chi connectivity index (χ0n) is 11.9. The first kappa shape index (κ1) is 15.0. The van der Waals surface area contributed by atoms with Crippen molar-refractivity contribution >= 4 is 0 Å². The van der Waals surface area contributed by atoms with E-state index < -0.39 is 0 Å². The fourth-order valence-electron chi connectivity index (χ4n) is 1.67. The average Bonchev–Trinajstić information content (AvgIpc) is 2.42. The molecule has 1 rings (SSSR count). The molecule has 1 atom stereocenters. The molecule has 0 aliphatic carbocycles. The Morgan fingerprint density at radius 3 is 2.61 bits per heavy atom. The van der Waals surface area contributed by atoms with Gasteiger partial charge in [-0.15, -0.1) is 0 Å². The van der Waals surface area contributed by atoms with Gasteiger partial charge in [-0.3, -0.25) is 0 Å². The number of rotatable bonds is 9. The molecule has 0 saturated heterocycles. The van der Waals surface area contributed by atoms with Gasteiger partial charge in [-0.1, -0.05) is 25.1 Å². The Morgan fingerprint density at radius 1 is 1.22 bits per heavy atom. The highest BCUT2D eigenvalue weighted by Gasteiger charge is 2.04. The average molecular weight is 250 g/mol. The highest BCUT2D eigenvalue weighted by atomic mass is 16.5. The van der Waals surface area contributed by atoms with Crippen LogP contribution in [0.2, 0.25) is 0 Å². The van der Waals surface area contributed by atoms with Gasteiger partial charge in [-0.25, -0.2) is 0 Å². The highest BCUT2D eigenvalue weighted by Crippen LogP contribution is 2.07. The van der Waals surface area contributed by atoms with Gasteiger partial charge in [0.15, 0.2) is 0 Å². The van der Waals surface area contributed by atoms with Crippen LogP contribution in [0.5, 0.6) is 5.75 Å². The Morgan fingerprint density at radius 2 is 1.94 bits per heavy atom. The van der Waals surface area contributed by atoms with Crippen molar-refractivity contribution in [3.8, 4) is 5.75 Å². The summed E-state index contributed by atoms with van der Waals surface area (Å²) in [6.45, 7) is 8.19. The van der Waals surface area contributed by atoms with Crippen LogP contribution in [0, 0.1) is 0 Å². The Balaban J connectivity index is 1.99. The Labute approximate surface area is 111 Å². The summed E-state index contributed by atoms with van der Waals surface area (Å²) >= 11 is 0. The summed E-state index contributed by atoms with van der Waals surface area (Å²) in [7, 11) is 2.18. The van der Waals surface area contributed by atoms with Crippen molar-refractivity contribution in [1.29, 1.82) is 0 Å². The lowest BCUT2D eigenvalue weighted by Crippen LogP contribution is -2.36. The smallest absolute Gasteiger partial charge is 0.119 e. The quantitative estimate of drug-likeness (QED) is 0.681. The van der Waals surface area contributed by atoms with Gasteiger partial charge in [-0.2, -0.15) is 0 Å². The van der Waals surface area contributed by atoms with Gasteiger partial charge >= 0.3 is 0 Å². The standard InChI is InChI=1S/C15H26N2O/c1-4-14(2)17(3)12-10-16-11-13-18-15-8-6-5-7-9-15/h5-9,14,16H,4,10-13H2,1-3H3. The Bertz CT molecular complexity index is 303. The third-order valence-electron chi connectivity index (χ3n) is 3.28. The Kier molecular flexibility index (Phi) is 7.46. The second kappa shape index (κ2) is 8.95. The molecule has 0 saturated carbocycles. The SMILES string of the molecule is CCC(C)N(C)CCNCCOc1ccccc1. The lowest BCUT2D eigenvalue weighted by Gasteiger charge is -2.23. The molecule has 0 fully saturated rings. The van der Waals surface area contributed by atoms with E-state index in [1.807, 2.05) is 30.3 Å². The van der Waals surface area contributed by atoms with E-state index in [1.165, 1.54) is 6.42 Å². The molecule has 0 aliphatic rings. The molecule has 3 nitrogen and oxygen atoms in total. The molecule has 0 radical (unpaired) electrons. The van der Waals surface area contributed by atoms with Crippen LogP contribution in [0.3, 0.4) is 0 Å². The second-order valence-corrected chi connectivity index (χ2v) is 4.65. The predicted octanol–water partition coefficient (Wildman–Crippen LogP) is 2.39. The van der Waals surface area contributed by atoms with Crippen LogP contribution in [-0.4, -0.2) is 44.2 Å². The molecule has 0 aliphatic heterocycles. The molecule has 0 amide bonds. The van der Waals surface area contributed by atoms with Crippen molar-refractivity contribution in [2.45, 2.75) is 26.3 Å².